The summed E-state index contributed by atoms with van der Waals surface area (Å²) in [6.07, 6.45) is 9.15. The zero-order valence-corrected chi connectivity index (χ0v) is 14.1. The second-order valence-electron chi connectivity index (χ2n) is 6.57. The van der Waals surface area contributed by atoms with Crippen LogP contribution in [0.2, 0.25) is 0 Å². The van der Waals surface area contributed by atoms with Gasteiger partial charge >= 0.3 is 0 Å². The number of hydrogen-bond acceptors (Lipinski definition) is 1. The number of benzene rings is 3. The Hall–Kier alpha value is -2.02. The maximum atomic E-state index is 6.05. The molecule has 1 nitrogen and oxygen atoms in total. The van der Waals surface area contributed by atoms with Crippen LogP contribution in [0.15, 0.2) is 48.5 Å². The van der Waals surface area contributed by atoms with E-state index in [1.165, 1.54) is 65.6 Å². The summed E-state index contributed by atoms with van der Waals surface area (Å²) < 4.78 is 0. The third-order valence-corrected chi connectivity index (χ3v) is 4.78. The molecule has 3 aromatic rings. The smallest absolute Gasteiger partial charge is 0.0320 e. The SMILES string of the molecule is CCCCCCCCc1c2ccccc2cc2ccc(N)cc12. The highest BCUT2D eigenvalue weighted by Gasteiger charge is 2.08. The molecule has 0 aliphatic carbocycles. The van der Waals surface area contributed by atoms with Gasteiger partial charge in [0.2, 0.25) is 0 Å². The van der Waals surface area contributed by atoms with E-state index >= 15 is 0 Å². The van der Waals surface area contributed by atoms with Crippen molar-refractivity contribution in [1.82, 2.24) is 0 Å². The fourth-order valence-corrected chi connectivity index (χ4v) is 3.52. The van der Waals surface area contributed by atoms with Crippen molar-refractivity contribution in [2.75, 3.05) is 5.73 Å². The maximum Gasteiger partial charge on any atom is 0.0320 e. The molecule has 0 saturated heterocycles. The summed E-state index contributed by atoms with van der Waals surface area (Å²) in [7, 11) is 0. The van der Waals surface area contributed by atoms with Crippen molar-refractivity contribution >= 4 is 27.2 Å². The van der Waals surface area contributed by atoms with Gasteiger partial charge in [-0.1, -0.05) is 69.4 Å². The lowest BCUT2D eigenvalue weighted by Crippen LogP contribution is -1.93. The Labute approximate surface area is 139 Å². The van der Waals surface area contributed by atoms with E-state index in [9.17, 15) is 0 Å². The number of anilines is 1. The van der Waals surface area contributed by atoms with E-state index < -0.39 is 0 Å². The lowest BCUT2D eigenvalue weighted by molar-refractivity contribution is 0.609. The molecule has 0 radical (unpaired) electrons. The fourth-order valence-electron chi connectivity index (χ4n) is 3.52. The molecule has 1 heteroatoms. The van der Waals surface area contributed by atoms with Gasteiger partial charge in [-0.2, -0.15) is 0 Å². The molecule has 3 aromatic carbocycles. The molecule has 2 N–H and O–H groups in total. The number of unbranched alkanes of at least 4 members (excludes halogenated alkanes) is 5. The molecule has 0 spiro atoms. The molecule has 0 unspecified atom stereocenters. The number of nitrogen functional groups attached to an aromatic ring is 1. The van der Waals surface area contributed by atoms with E-state index in [0.717, 1.165) is 12.1 Å². The molecular formula is C22H27N. The summed E-state index contributed by atoms with van der Waals surface area (Å²) in [4.78, 5) is 0. The average molecular weight is 305 g/mol. The molecule has 0 aromatic heterocycles. The second kappa shape index (κ2) is 7.50. The Kier molecular flexibility index (Phi) is 5.17. The van der Waals surface area contributed by atoms with Crippen LogP contribution < -0.4 is 5.73 Å². The highest BCUT2D eigenvalue weighted by Crippen LogP contribution is 2.31. The zero-order chi connectivity index (χ0) is 16.1. The number of fused-ring (bicyclic) bond motifs is 2. The zero-order valence-electron chi connectivity index (χ0n) is 14.1. The fraction of sp³-hybridized carbons (Fsp3) is 0.364. The van der Waals surface area contributed by atoms with Gasteiger partial charge in [-0.05, 0) is 58.1 Å². The van der Waals surface area contributed by atoms with E-state index in [4.69, 9.17) is 5.73 Å². The topological polar surface area (TPSA) is 26.0 Å². The first-order valence-corrected chi connectivity index (χ1v) is 8.99. The molecule has 0 heterocycles. The van der Waals surface area contributed by atoms with Gasteiger partial charge in [-0.25, -0.2) is 0 Å². The van der Waals surface area contributed by atoms with Gasteiger partial charge < -0.3 is 5.73 Å². The molecule has 0 atom stereocenters. The summed E-state index contributed by atoms with van der Waals surface area (Å²) in [5.41, 5.74) is 8.38. The second-order valence-corrected chi connectivity index (χ2v) is 6.57. The predicted molar refractivity (Wildman–Crippen MR) is 103 cm³/mol. The van der Waals surface area contributed by atoms with Crippen molar-refractivity contribution in [3.63, 3.8) is 0 Å². The van der Waals surface area contributed by atoms with Crippen LogP contribution in [0, 0.1) is 0 Å². The van der Waals surface area contributed by atoms with Crippen LogP contribution in [0.25, 0.3) is 21.5 Å². The standard InChI is InChI=1S/C22H27N/c1-2-3-4-5-6-7-12-21-20-11-9-8-10-17(20)15-18-13-14-19(23)16-22(18)21/h8-11,13-16H,2-7,12,23H2,1H3. The Balaban J connectivity index is 1.89. The van der Waals surface area contributed by atoms with E-state index in [2.05, 4.69) is 49.4 Å². The van der Waals surface area contributed by atoms with E-state index in [-0.39, 0.29) is 0 Å². The Morgan fingerprint density at radius 3 is 2.35 bits per heavy atom. The molecule has 0 saturated carbocycles. The lowest BCUT2D eigenvalue weighted by atomic mass is 9.93. The minimum atomic E-state index is 0.858. The number of nitrogens with two attached hydrogens (primary N) is 1. The van der Waals surface area contributed by atoms with Crippen LogP contribution >= 0.6 is 0 Å². The monoisotopic (exact) mass is 305 g/mol. The van der Waals surface area contributed by atoms with Crippen LogP contribution in [-0.4, -0.2) is 0 Å². The number of rotatable bonds is 7. The summed E-state index contributed by atoms with van der Waals surface area (Å²) >= 11 is 0. The Bertz CT molecular complexity index is 788. The van der Waals surface area contributed by atoms with E-state index in [0.29, 0.717) is 0 Å². The summed E-state index contributed by atoms with van der Waals surface area (Å²) in [5, 5.41) is 5.36. The quantitative estimate of drug-likeness (QED) is 0.302. The maximum absolute atomic E-state index is 6.05. The molecule has 120 valence electrons. The van der Waals surface area contributed by atoms with E-state index in [1.807, 2.05) is 6.07 Å². The third kappa shape index (κ3) is 3.67. The molecule has 3 rings (SSSR count). The summed E-state index contributed by atoms with van der Waals surface area (Å²) in [6.45, 7) is 2.27. The first-order chi connectivity index (χ1) is 11.3. The lowest BCUT2D eigenvalue weighted by Gasteiger charge is -2.12. The highest BCUT2D eigenvalue weighted by molar-refractivity contribution is 6.03. The minimum absolute atomic E-state index is 0.858. The van der Waals surface area contributed by atoms with Gasteiger partial charge in [0.15, 0.2) is 0 Å². The van der Waals surface area contributed by atoms with Gasteiger partial charge in [-0.3, -0.25) is 0 Å². The minimum Gasteiger partial charge on any atom is -0.399 e. The Morgan fingerprint density at radius 2 is 1.48 bits per heavy atom. The summed E-state index contributed by atoms with van der Waals surface area (Å²) in [5.74, 6) is 0. The molecule has 0 amide bonds. The van der Waals surface area contributed by atoms with Crippen molar-refractivity contribution in [3.05, 3.63) is 54.1 Å². The van der Waals surface area contributed by atoms with Crippen molar-refractivity contribution in [2.45, 2.75) is 51.9 Å². The molecule has 23 heavy (non-hydrogen) atoms. The molecule has 0 aliphatic rings. The van der Waals surface area contributed by atoms with Gasteiger partial charge in [0, 0.05) is 5.69 Å². The van der Waals surface area contributed by atoms with Crippen molar-refractivity contribution in [2.24, 2.45) is 0 Å². The first kappa shape index (κ1) is 15.9. The van der Waals surface area contributed by atoms with Crippen LogP contribution in [0.5, 0.6) is 0 Å². The van der Waals surface area contributed by atoms with E-state index in [1.54, 1.807) is 0 Å². The van der Waals surface area contributed by atoms with Gasteiger partial charge in [0.25, 0.3) is 0 Å². The molecule has 0 aliphatic heterocycles. The normalized spacial score (nSPS) is 11.3. The average Bonchev–Trinajstić information content (AvgIpc) is 2.57. The number of aryl methyl sites for hydroxylation is 1. The predicted octanol–water partition coefficient (Wildman–Crippen LogP) is 6.48. The van der Waals surface area contributed by atoms with Crippen molar-refractivity contribution in [3.8, 4) is 0 Å². The largest absolute Gasteiger partial charge is 0.399 e. The van der Waals surface area contributed by atoms with Crippen LogP contribution in [0.3, 0.4) is 0 Å². The molecule has 0 fully saturated rings. The highest BCUT2D eigenvalue weighted by atomic mass is 14.5. The first-order valence-electron chi connectivity index (χ1n) is 8.99. The van der Waals surface area contributed by atoms with Crippen LogP contribution in [0.1, 0.15) is 51.0 Å². The van der Waals surface area contributed by atoms with Gasteiger partial charge in [0.05, 0.1) is 0 Å². The third-order valence-electron chi connectivity index (χ3n) is 4.78. The van der Waals surface area contributed by atoms with Gasteiger partial charge in [-0.15, -0.1) is 0 Å². The van der Waals surface area contributed by atoms with Crippen molar-refractivity contribution in [1.29, 1.82) is 0 Å². The van der Waals surface area contributed by atoms with Crippen LogP contribution in [-0.2, 0) is 6.42 Å². The van der Waals surface area contributed by atoms with Crippen molar-refractivity contribution < 1.29 is 0 Å². The molecular weight excluding hydrogens is 278 g/mol. The van der Waals surface area contributed by atoms with Crippen LogP contribution in [0.4, 0.5) is 5.69 Å². The van der Waals surface area contributed by atoms with Gasteiger partial charge in [0.1, 0.15) is 0 Å². The summed E-state index contributed by atoms with van der Waals surface area (Å²) in [6, 6.07) is 17.3. The number of hydrogen-bond donors (Lipinski definition) is 1. The molecule has 0 bridgehead atoms. The Morgan fingerprint density at radius 1 is 0.739 bits per heavy atom.